The zero-order chi connectivity index (χ0) is 18.7. The molecule has 2 aromatic carbocycles. The summed E-state index contributed by atoms with van der Waals surface area (Å²) in [5.41, 5.74) is -0.0985. The van der Waals surface area contributed by atoms with Crippen molar-refractivity contribution in [2.24, 2.45) is 0 Å². The highest BCUT2D eigenvalue weighted by Gasteiger charge is 2.31. The number of rotatable bonds is 3. The van der Waals surface area contributed by atoms with Gasteiger partial charge in [-0.25, -0.2) is 0 Å². The van der Waals surface area contributed by atoms with Gasteiger partial charge < -0.3 is 15.4 Å². The Kier molecular flexibility index (Phi) is 5.41. The zero-order valence-electron chi connectivity index (χ0n) is 12.2. The molecule has 2 aromatic rings. The maximum atomic E-state index is 12.5. The van der Waals surface area contributed by atoms with Crippen molar-refractivity contribution < 1.29 is 31.1 Å². The van der Waals surface area contributed by atoms with Crippen molar-refractivity contribution >= 4 is 28.7 Å². The monoisotopic (exact) mass is 380 g/mol. The molecule has 0 saturated carbocycles. The fourth-order valence-electron chi connectivity index (χ4n) is 1.78. The summed E-state index contributed by atoms with van der Waals surface area (Å²) < 4.78 is 77.3. The van der Waals surface area contributed by atoms with Gasteiger partial charge in [-0.2, -0.15) is 13.2 Å². The number of halogens is 6. The molecule has 0 spiro atoms. The number of ether oxygens (including phenoxy) is 1. The second-order valence-electron chi connectivity index (χ2n) is 4.73. The van der Waals surface area contributed by atoms with Crippen molar-refractivity contribution in [1.29, 1.82) is 0 Å². The predicted octanol–water partition coefficient (Wildman–Crippen LogP) is 5.41. The van der Waals surface area contributed by atoms with E-state index in [4.69, 9.17) is 12.2 Å². The van der Waals surface area contributed by atoms with Gasteiger partial charge in [0.1, 0.15) is 5.75 Å². The normalized spacial score (nSPS) is 11.8. The number of nitrogens with one attached hydrogen (secondary N) is 2. The molecule has 0 bridgehead atoms. The number of alkyl halides is 6. The highest BCUT2D eigenvalue weighted by Crippen LogP contribution is 2.30. The van der Waals surface area contributed by atoms with Gasteiger partial charge in [0.2, 0.25) is 0 Å². The maximum Gasteiger partial charge on any atom is 0.573 e. The Balaban J connectivity index is 1.94. The molecule has 0 atom stereocenters. The molecule has 0 unspecified atom stereocenters. The van der Waals surface area contributed by atoms with E-state index in [0.29, 0.717) is 11.4 Å². The quantitative estimate of drug-likeness (QED) is 0.551. The molecule has 2 N–H and O–H groups in total. The van der Waals surface area contributed by atoms with Crippen LogP contribution >= 0.6 is 12.2 Å². The Bertz CT molecular complexity index is 726. The van der Waals surface area contributed by atoms with E-state index in [1.807, 2.05) is 0 Å². The minimum atomic E-state index is -4.78. The van der Waals surface area contributed by atoms with Crippen molar-refractivity contribution in [3.63, 3.8) is 0 Å². The summed E-state index contributed by atoms with van der Waals surface area (Å²) in [6, 6.07) is 9.01. The highest BCUT2D eigenvalue weighted by atomic mass is 32.1. The summed E-state index contributed by atoms with van der Waals surface area (Å²) in [7, 11) is 0. The SMILES string of the molecule is FC(F)(F)Oc1ccc(NC(=S)Nc2ccc(C(F)(F)F)cc2)cc1. The van der Waals surface area contributed by atoms with Crippen LogP contribution in [-0.4, -0.2) is 11.5 Å². The van der Waals surface area contributed by atoms with Crippen LogP contribution in [0, 0.1) is 0 Å². The average molecular weight is 380 g/mol. The van der Waals surface area contributed by atoms with Gasteiger partial charge in [-0.3, -0.25) is 0 Å². The lowest BCUT2D eigenvalue weighted by molar-refractivity contribution is -0.274. The van der Waals surface area contributed by atoms with E-state index in [-0.39, 0.29) is 10.9 Å². The molecule has 0 amide bonds. The molecule has 0 fully saturated rings. The van der Waals surface area contributed by atoms with Gasteiger partial charge in [0, 0.05) is 11.4 Å². The first-order chi connectivity index (χ1) is 11.5. The third-order valence-electron chi connectivity index (χ3n) is 2.82. The van der Waals surface area contributed by atoms with Gasteiger partial charge in [0.25, 0.3) is 0 Å². The molecule has 0 aromatic heterocycles. The summed E-state index contributed by atoms with van der Waals surface area (Å²) in [6.07, 6.45) is -9.22. The Labute approximate surface area is 143 Å². The van der Waals surface area contributed by atoms with Crippen molar-refractivity contribution in [3.05, 3.63) is 54.1 Å². The van der Waals surface area contributed by atoms with Crippen molar-refractivity contribution in [2.75, 3.05) is 10.6 Å². The average Bonchev–Trinajstić information content (AvgIpc) is 2.47. The molecule has 10 heteroatoms. The third-order valence-corrected chi connectivity index (χ3v) is 3.02. The number of hydrogen-bond acceptors (Lipinski definition) is 2. The third kappa shape index (κ3) is 6.14. The van der Waals surface area contributed by atoms with E-state index in [9.17, 15) is 26.3 Å². The van der Waals surface area contributed by atoms with Crippen LogP contribution in [0.15, 0.2) is 48.5 Å². The summed E-state index contributed by atoms with van der Waals surface area (Å²) in [5.74, 6) is -0.389. The van der Waals surface area contributed by atoms with Crippen LogP contribution in [-0.2, 0) is 6.18 Å². The van der Waals surface area contributed by atoms with Crippen LogP contribution < -0.4 is 15.4 Å². The smallest absolute Gasteiger partial charge is 0.406 e. The Morgan fingerprint density at radius 1 is 0.760 bits per heavy atom. The van der Waals surface area contributed by atoms with Gasteiger partial charge in [0.05, 0.1) is 5.56 Å². The molecule has 2 rings (SSSR count). The predicted molar refractivity (Wildman–Crippen MR) is 84.4 cm³/mol. The summed E-state index contributed by atoms with van der Waals surface area (Å²) in [5, 5.41) is 5.41. The number of thiocarbonyl (C=S) groups is 1. The van der Waals surface area contributed by atoms with E-state index >= 15 is 0 Å². The first-order valence-electron chi connectivity index (χ1n) is 6.64. The van der Waals surface area contributed by atoms with Crippen LogP contribution in [0.5, 0.6) is 5.75 Å². The van der Waals surface area contributed by atoms with Gasteiger partial charge in [0.15, 0.2) is 5.11 Å². The molecule has 0 saturated heterocycles. The van der Waals surface area contributed by atoms with Gasteiger partial charge >= 0.3 is 12.5 Å². The first kappa shape index (κ1) is 18.8. The van der Waals surface area contributed by atoms with Crippen LogP contribution in [0.4, 0.5) is 37.7 Å². The molecule has 0 aliphatic rings. The largest absolute Gasteiger partial charge is 0.573 e. The number of anilines is 2. The van der Waals surface area contributed by atoms with Crippen molar-refractivity contribution in [1.82, 2.24) is 0 Å². The molecule has 25 heavy (non-hydrogen) atoms. The van der Waals surface area contributed by atoms with Gasteiger partial charge in [-0.05, 0) is 60.7 Å². The van der Waals surface area contributed by atoms with E-state index < -0.39 is 18.1 Å². The van der Waals surface area contributed by atoms with Crippen LogP contribution in [0.25, 0.3) is 0 Å². The van der Waals surface area contributed by atoms with Crippen LogP contribution in [0.3, 0.4) is 0 Å². The van der Waals surface area contributed by atoms with E-state index in [0.717, 1.165) is 24.3 Å². The fraction of sp³-hybridized carbons (Fsp3) is 0.133. The van der Waals surface area contributed by atoms with Crippen molar-refractivity contribution in [3.8, 4) is 5.75 Å². The number of hydrogen-bond donors (Lipinski definition) is 2. The Morgan fingerprint density at radius 3 is 1.60 bits per heavy atom. The second-order valence-corrected chi connectivity index (χ2v) is 5.13. The minimum Gasteiger partial charge on any atom is -0.406 e. The van der Waals surface area contributed by atoms with E-state index in [1.165, 1.54) is 24.3 Å². The van der Waals surface area contributed by atoms with E-state index in [1.54, 1.807) is 0 Å². The zero-order valence-corrected chi connectivity index (χ0v) is 13.0. The van der Waals surface area contributed by atoms with E-state index in [2.05, 4.69) is 15.4 Å². The fourth-order valence-corrected chi connectivity index (χ4v) is 2.01. The molecule has 3 nitrogen and oxygen atoms in total. The molecule has 0 radical (unpaired) electrons. The Hall–Kier alpha value is -2.49. The number of benzene rings is 2. The van der Waals surface area contributed by atoms with Gasteiger partial charge in [-0.15, -0.1) is 13.2 Å². The molecular formula is C15H10F6N2OS. The Morgan fingerprint density at radius 2 is 1.20 bits per heavy atom. The molecule has 0 aliphatic carbocycles. The lowest BCUT2D eigenvalue weighted by Gasteiger charge is -2.13. The standard InChI is InChI=1S/C15H10F6N2OS/c16-14(17,18)9-1-3-10(4-2-9)22-13(25)23-11-5-7-12(8-6-11)24-15(19,20)21/h1-8H,(H2,22,23,25). The molecular weight excluding hydrogens is 370 g/mol. The highest BCUT2D eigenvalue weighted by molar-refractivity contribution is 7.80. The van der Waals surface area contributed by atoms with Crippen molar-refractivity contribution in [2.45, 2.75) is 12.5 Å². The summed E-state index contributed by atoms with van der Waals surface area (Å²) in [6.45, 7) is 0. The molecule has 0 aliphatic heterocycles. The first-order valence-corrected chi connectivity index (χ1v) is 7.05. The molecule has 134 valence electrons. The summed E-state index contributed by atoms with van der Waals surface area (Å²) in [4.78, 5) is 0. The molecule has 0 heterocycles. The second kappa shape index (κ2) is 7.18. The van der Waals surface area contributed by atoms with Crippen LogP contribution in [0.1, 0.15) is 5.56 Å². The summed E-state index contributed by atoms with van der Waals surface area (Å²) >= 11 is 4.99. The van der Waals surface area contributed by atoms with Gasteiger partial charge in [-0.1, -0.05) is 0 Å². The minimum absolute atomic E-state index is 0.0595. The lowest BCUT2D eigenvalue weighted by atomic mass is 10.2. The van der Waals surface area contributed by atoms with Crippen LogP contribution in [0.2, 0.25) is 0 Å². The lowest BCUT2D eigenvalue weighted by Crippen LogP contribution is -2.19. The topological polar surface area (TPSA) is 33.3 Å². The maximum absolute atomic E-state index is 12.5.